The molecular weight excluding hydrogens is 244 g/mol. The molecule has 7 heteroatoms. The summed E-state index contributed by atoms with van der Waals surface area (Å²) in [6, 6.07) is -0.713. The van der Waals surface area contributed by atoms with Crippen molar-refractivity contribution < 1.29 is 19.2 Å². The number of likely N-dealkylation sites (N-methyl/N-ethyl adjacent to an activating group) is 1. The molecule has 1 unspecified atom stereocenters. The molecule has 0 aromatic rings. The molecule has 1 aliphatic rings. The van der Waals surface area contributed by atoms with E-state index in [1.807, 2.05) is 0 Å². The van der Waals surface area contributed by atoms with Crippen LogP contribution in [0, 0.1) is 0 Å². The van der Waals surface area contributed by atoms with Gasteiger partial charge in [0.25, 0.3) is 0 Å². The smallest absolute Gasteiger partial charge is 0.282 e. The minimum absolute atomic E-state index is 0.319. The van der Waals surface area contributed by atoms with Crippen molar-refractivity contribution in [2.45, 2.75) is 19.2 Å². The monoisotopic (exact) mass is 256 g/mol. The largest absolute Gasteiger partial charge is 0.334 e. The normalized spacial score (nSPS) is 17.7. The first kappa shape index (κ1) is 13.4. The SMILES string of the molecule is C=C(C)C(=O)SC(C)N1C(=O)C(=O)N(C)C1=O. The number of thioether (sulfide) groups is 1. The van der Waals surface area contributed by atoms with Crippen LogP contribution in [0.1, 0.15) is 13.8 Å². The highest BCUT2D eigenvalue weighted by Gasteiger charge is 2.45. The van der Waals surface area contributed by atoms with Gasteiger partial charge in [0.2, 0.25) is 5.12 Å². The molecule has 1 saturated heterocycles. The number of carbonyl (C=O) groups is 4. The van der Waals surface area contributed by atoms with E-state index in [1.165, 1.54) is 20.9 Å². The third kappa shape index (κ3) is 2.38. The Hall–Kier alpha value is -1.63. The van der Waals surface area contributed by atoms with Gasteiger partial charge in [-0.05, 0) is 19.4 Å². The molecule has 0 aliphatic carbocycles. The van der Waals surface area contributed by atoms with Crippen molar-refractivity contribution >= 4 is 34.7 Å². The molecule has 0 spiro atoms. The predicted octanol–water partition coefficient (Wildman–Crippen LogP) is 0.589. The van der Waals surface area contributed by atoms with Crippen LogP contribution < -0.4 is 0 Å². The summed E-state index contributed by atoms with van der Waals surface area (Å²) in [5.41, 5.74) is 0.320. The highest BCUT2D eigenvalue weighted by Crippen LogP contribution is 2.23. The lowest BCUT2D eigenvalue weighted by Gasteiger charge is -2.19. The molecular formula is C10H12N2O4S. The Kier molecular flexibility index (Phi) is 3.72. The van der Waals surface area contributed by atoms with Crippen LogP contribution in [0.5, 0.6) is 0 Å². The molecule has 1 aliphatic heterocycles. The maximum atomic E-state index is 11.6. The second kappa shape index (κ2) is 4.70. The van der Waals surface area contributed by atoms with Gasteiger partial charge in [-0.25, -0.2) is 9.69 Å². The van der Waals surface area contributed by atoms with Gasteiger partial charge in [-0.15, -0.1) is 0 Å². The second-order valence-electron chi connectivity index (χ2n) is 3.61. The van der Waals surface area contributed by atoms with Gasteiger partial charge in [0.15, 0.2) is 0 Å². The molecule has 1 fully saturated rings. The van der Waals surface area contributed by atoms with E-state index < -0.39 is 23.2 Å². The van der Waals surface area contributed by atoms with Gasteiger partial charge in [0, 0.05) is 7.05 Å². The van der Waals surface area contributed by atoms with Gasteiger partial charge < -0.3 is 0 Å². The lowest BCUT2D eigenvalue weighted by molar-refractivity contribution is -0.143. The van der Waals surface area contributed by atoms with Gasteiger partial charge in [0.05, 0.1) is 5.37 Å². The number of carbonyl (C=O) groups excluding carboxylic acids is 4. The first-order valence-electron chi connectivity index (χ1n) is 4.79. The van der Waals surface area contributed by atoms with E-state index in [-0.39, 0.29) is 5.12 Å². The Balaban J connectivity index is 2.83. The van der Waals surface area contributed by atoms with Gasteiger partial charge in [-0.1, -0.05) is 18.3 Å². The zero-order valence-corrected chi connectivity index (χ0v) is 10.5. The lowest BCUT2D eigenvalue weighted by atomic mass is 10.4. The third-order valence-corrected chi connectivity index (χ3v) is 3.30. The maximum absolute atomic E-state index is 11.6. The topological polar surface area (TPSA) is 74.8 Å². The number of hydrogen-bond donors (Lipinski definition) is 0. The van der Waals surface area contributed by atoms with Gasteiger partial charge >= 0.3 is 17.8 Å². The zero-order chi connectivity index (χ0) is 13.3. The van der Waals surface area contributed by atoms with E-state index in [9.17, 15) is 19.2 Å². The number of rotatable bonds is 3. The van der Waals surface area contributed by atoms with E-state index >= 15 is 0 Å². The van der Waals surface area contributed by atoms with E-state index in [2.05, 4.69) is 6.58 Å². The summed E-state index contributed by atoms with van der Waals surface area (Å²) >= 11 is 0.783. The van der Waals surface area contributed by atoms with Crippen molar-refractivity contribution in [2.24, 2.45) is 0 Å². The minimum atomic E-state index is -0.910. The number of imide groups is 2. The zero-order valence-electron chi connectivity index (χ0n) is 9.72. The molecule has 0 radical (unpaired) electrons. The van der Waals surface area contributed by atoms with Crippen LogP contribution in [0.3, 0.4) is 0 Å². The van der Waals surface area contributed by atoms with E-state index in [0.29, 0.717) is 5.57 Å². The van der Waals surface area contributed by atoms with E-state index in [0.717, 1.165) is 21.6 Å². The van der Waals surface area contributed by atoms with Crippen LogP contribution in [0.2, 0.25) is 0 Å². The van der Waals surface area contributed by atoms with Crippen LogP contribution in [0.15, 0.2) is 12.2 Å². The van der Waals surface area contributed by atoms with Crippen molar-refractivity contribution in [3.63, 3.8) is 0 Å². The Labute approximate surface area is 103 Å². The predicted molar refractivity (Wildman–Crippen MR) is 61.9 cm³/mol. The molecule has 0 bridgehead atoms. The fraction of sp³-hybridized carbons (Fsp3) is 0.400. The molecule has 4 amide bonds. The van der Waals surface area contributed by atoms with Crippen LogP contribution in [-0.2, 0) is 14.4 Å². The summed E-state index contributed by atoms with van der Waals surface area (Å²) in [6.45, 7) is 6.51. The van der Waals surface area contributed by atoms with Crippen molar-refractivity contribution in [2.75, 3.05) is 7.05 Å². The molecule has 0 saturated carbocycles. The van der Waals surface area contributed by atoms with E-state index in [1.54, 1.807) is 0 Å². The molecule has 17 heavy (non-hydrogen) atoms. The number of amides is 4. The summed E-state index contributed by atoms with van der Waals surface area (Å²) in [5.74, 6) is -1.79. The second-order valence-corrected chi connectivity index (χ2v) is 4.90. The summed E-state index contributed by atoms with van der Waals surface area (Å²) in [7, 11) is 1.22. The number of nitrogens with zero attached hydrogens (tertiary/aromatic N) is 2. The average Bonchev–Trinajstić information content (AvgIpc) is 2.43. The molecule has 6 nitrogen and oxygen atoms in total. The van der Waals surface area contributed by atoms with Crippen molar-refractivity contribution in [1.29, 1.82) is 0 Å². The number of urea groups is 1. The summed E-state index contributed by atoms with van der Waals surface area (Å²) in [5, 5.41) is -1.05. The first-order valence-corrected chi connectivity index (χ1v) is 5.67. The molecule has 0 aromatic carbocycles. The van der Waals surface area contributed by atoms with Gasteiger partial charge in [0.1, 0.15) is 0 Å². The summed E-state index contributed by atoms with van der Waals surface area (Å²) < 4.78 is 0. The molecule has 0 aromatic heterocycles. The van der Waals surface area contributed by atoms with Crippen LogP contribution in [0.4, 0.5) is 4.79 Å². The van der Waals surface area contributed by atoms with Crippen LogP contribution in [0.25, 0.3) is 0 Å². The van der Waals surface area contributed by atoms with Crippen molar-refractivity contribution in [3.8, 4) is 0 Å². The Morgan fingerprint density at radius 1 is 1.29 bits per heavy atom. The van der Waals surface area contributed by atoms with Crippen LogP contribution >= 0.6 is 11.8 Å². The van der Waals surface area contributed by atoms with Gasteiger partial charge in [-0.3, -0.25) is 19.3 Å². The number of hydrogen-bond acceptors (Lipinski definition) is 5. The standard InChI is InChI=1S/C10H12N2O4S/c1-5(2)9(15)17-6(3)12-8(14)7(13)11(4)10(12)16/h6H,1H2,2-4H3. The van der Waals surface area contributed by atoms with Crippen molar-refractivity contribution in [1.82, 2.24) is 9.80 Å². The maximum Gasteiger partial charge on any atom is 0.334 e. The molecule has 92 valence electrons. The van der Waals surface area contributed by atoms with Crippen molar-refractivity contribution in [3.05, 3.63) is 12.2 Å². The molecule has 1 heterocycles. The average molecular weight is 256 g/mol. The van der Waals surface area contributed by atoms with Crippen LogP contribution in [-0.4, -0.2) is 45.2 Å². The molecule has 1 atom stereocenters. The third-order valence-electron chi connectivity index (χ3n) is 2.19. The molecule has 0 N–H and O–H groups in total. The summed E-state index contributed by atoms with van der Waals surface area (Å²) in [4.78, 5) is 47.2. The Bertz CT molecular complexity index is 432. The van der Waals surface area contributed by atoms with Gasteiger partial charge in [-0.2, -0.15) is 0 Å². The fourth-order valence-electron chi connectivity index (χ4n) is 1.21. The quantitative estimate of drug-likeness (QED) is 0.419. The lowest BCUT2D eigenvalue weighted by Crippen LogP contribution is -2.38. The highest BCUT2D eigenvalue weighted by molar-refractivity contribution is 8.14. The fourth-order valence-corrected chi connectivity index (χ4v) is 2.01. The minimum Gasteiger partial charge on any atom is -0.282 e. The highest BCUT2D eigenvalue weighted by atomic mass is 32.2. The molecule has 1 rings (SSSR count). The Morgan fingerprint density at radius 2 is 1.82 bits per heavy atom. The van der Waals surface area contributed by atoms with E-state index in [4.69, 9.17) is 0 Å². The summed E-state index contributed by atoms with van der Waals surface area (Å²) in [6.07, 6.45) is 0. The first-order chi connectivity index (χ1) is 7.77. The Morgan fingerprint density at radius 3 is 2.18 bits per heavy atom.